The van der Waals surface area contributed by atoms with E-state index >= 15 is 0 Å². The summed E-state index contributed by atoms with van der Waals surface area (Å²) in [6, 6.07) is 7.33. The number of phenolic OH excluding ortho intramolecular Hbond substituents is 1. The van der Waals surface area contributed by atoms with Crippen LogP contribution in [-0.4, -0.2) is 41.1 Å². The highest BCUT2D eigenvalue weighted by Crippen LogP contribution is 2.28. The van der Waals surface area contributed by atoms with Gasteiger partial charge in [0.1, 0.15) is 11.4 Å². The van der Waals surface area contributed by atoms with Gasteiger partial charge >= 0.3 is 0 Å². The van der Waals surface area contributed by atoms with Gasteiger partial charge in [0.05, 0.1) is 17.6 Å². The van der Waals surface area contributed by atoms with Gasteiger partial charge in [-0.2, -0.15) is 5.10 Å². The fourth-order valence-corrected chi connectivity index (χ4v) is 2.72. The standard InChI is InChI=1S/C15H20N4O/c1-2-12-14(18-9-7-16-8-10-18)11-17-19(12)13-5-3-4-6-15(13)20/h3-6,11,16,20H,2,7-10H2,1H3. The minimum Gasteiger partial charge on any atom is -0.506 e. The van der Waals surface area contributed by atoms with E-state index in [4.69, 9.17) is 0 Å². The largest absolute Gasteiger partial charge is 0.506 e. The van der Waals surface area contributed by atoms with Gasteiger partial charge < -0.3 is 15.3 Å². The van der Waals surface area contributed by atoms with Crippen molar-refractivity contribution in [3.05, 3.63) is 36.2 Å². The summed E-state index contributed by atoms with van der Waals surface area (Å²) < 4.78 is 1.85. The van der Waals surface area contributed by atoms with Crippen molar-refractivity contribution >= 4 is 5.69 Å². The van der Waals surface area contributed by atoms with Crippen LogP contribution < -0.4 is 10.2 Å². The summed E-state index contributed by atoms with van der Waals surface area (Å²) in [7, 11) is 0. The molecule has 1 aromatic carbocycles. The lowest BCUT2D eigenvalue weighted by Crippen LogP contribution is -2.43. The molecule has 1 aliphatic heterocycles. The third kappa shape index (κ3) is 2.25. The van der Waals surface area contributed by atoms with Crippen LogP contribution in [0.5, 0.6) is 5.75 Å². The van der Waals surface area contributed by atoms with Gasteiger partial charge in [0, 0.05) is 26.2 Å². The van der Waals surface area contributed by atoms with Crippen molar-refractivity contribution < 1.29 is 5.11 Å². The molecule has 1 aliphatic rings. The molecular weight excluding hydrogens is 252 g/mol. The maximum atomic E-state index is 10.0. The van der Waals surface area contributed by atoms with Crippen molar-refractivity contribution in [3.63, 3.8) is 0 Å². The van der Waals surface area contributed by atoms with Gasteiger partial charge in [-0.05, 0) is 18.6 Å². The van der Waals surface area contributed by atoms with E-state index in [1.807, 2.05) is 29.1 Å². The molecule has 1 aromatic heterocycles. The number of anilines is 1. The Morgan fingerprint density at radius 1 is 1.20 bits per heavy atom. The molecule has 3 rings (SSSR count). The maximum absolute atomic E-state index is 10.0. The number of hydrogen-bond donors (Lipinski definition) is 2. The number of aromatic nitrogens is 2. The molecule has 1 fully saturated rings. The molecule has 0 spiro atoms. The van der Waals surface area contributed by atoms with E-state index in [-0.39, 0.29) is 5.75 Å². The predicted molar refractivity (Wildman–Crippen MR) is 79.7 cm³/mol. The SMILES string of the molecule is CCc1c(N2CCNCC2)cnn1-c1ccccc1O. The van der Waals surface area contributed by atoms with Crippen LogP contribution in [-0.2, 0) is 6.42 Å². The molecule has 0 bridgehead atoms. The molecule has 20 heavy (non-hydrogen) atoms. The topological polar surface area (TPSA) is 53.3 Å². The van der Waals surface area contributed by atoms with Crippen molar-refractivity contribution in [3.8, 4) is 11.4 Å². The van der Waals surface area contributed by atoms with E-state index in [1.165, 1.54) is 5.69 Å². The number of nitrogens with zero attached hydrogens (tertiary/aromatic N) is 3. The first kappa shape index (κ1) is 13.0. The molecule has 106 valence electrons. The quantitative estimate of drug-likeness (QED) is 0.890. The minimum atomic E-state index is 0.261. The smallest absolute Gasteiger partial charge is 0.141 e. The number of benzene rings is 1. The highest BCUT2D eigenvalue weighted by molar-refractivity contribution is 5.55. The van der Waals surface area contributed by atoms with Crippen LogP contribution in [0, 0.1) is 0 Å². The molecule has 0 saturated carbocycles. The molecule has 2 aromatic rings. The summed E-state index contributed by atoms with van der Waals surface area (Å²) in [4.78, 5) is 2.36. The normalized spacial score (nSPS) is 15.6. The second-order valence-corrected chi connectivity index (χ2v) is 4.97. The van der Waals surface area contributed by atoms with Crippen LogP contribution in [0.1, 0.15) is 12.6 Å². The second-order valence-electron chi connectivity index (χ2n) is 4.97. The van der Waals surface area contributed by atoms with Gasteiger partial charge in [0.15, 0.2) is 0 Å². The zero-order chi connectivity index (χ0) is 13.9. The average molecular weight is 272 g/mol. The molecule has 5 heteroatoms. The number of aromatic hydroxyl groups is 1. The summed E-state index contributed by atoms with van der Waals surface area (Å²) in [5.74, 6) is 0.261. The molecule has 0 radical (unpaired) electrons. The van der Waals surface area contributed by atoms with E-state index in [0.29, 0.717) is 0 Å². The Labute approximate surface area is 118 Å². The molecule has 5 nitrogen and oxygen atoms in total. The maximum Gasteiger partial charge on any atom is 0.141 e. The van der Waals surface area contributed by atoms with E-state index in [2.05, 4.69) is 22.2 Å². The Balaban J connectivity index is 2.01. The zero-order valence-corrected chi connectivity index (χ0v) is 11.7. The molecular formula is C15H20N4O. The third-order valence-corrected chi connectivity index (χ3v) is 3.75. The molecule has 0 amide bonds. The number of rotatable bonds is 3. The van der Waals surface area contributed by atoms with E-state index < -0.39 is 0 Å². The van der Waals surface area contributed by atoms with E-state index in [1.54, 1.807) is 6.07 Å². The zero-order valence-electron chi connectivity index (χ0n) is 11.7. The summed E-state index contributed by atoms with van der Waals surface area (Å²) >= 11 is 0. The molecule has 0 unspecified atom stereocenters. The fourth-order valence-electron chi connectivity index (χ4n) is 2.72. The monoisotopic (exact) mass is 272 g/mol. The van der Waals surface area contributed by atoms with Gasteiger partial charge in [-0.15, -0.1) is 0 Å². The first-order chi connectivity index (χ1) is 9.81. The van der Waals surface area contributed by atoms with Crippen molar-refractivity contribution in [2.75, 3.05) is 31.1 Å². The van der Waals surface area contributed by atoms with Crippen LogP contribution in [0.4, 0.5) is 5.69 Å². The molecule has 2 heterocycles. The number of nitrogens with one attached hydrogen (secondary N) is 1. The van der Waals surface area contributed by atoms with E-state index in [9.17, 15) is 5.11 Å². The minimum absolute atomic E-state index is 0.261. The Morgan fingerprint density at radius 3 is 2.65 bits per heavy atom. The Kier molecular flexibility index (Phi) is 3.60. The van der Waals surface area contributed by atoms with Crippen LogP contribution in [0.3, 0.4) is 0 Å². The van der Waals surface area contributed by atoms with Crippen LogP contribution >= 0.6 is 0 Å². The fraction of sp³-hybridized carbons (Fsp3) is 0.400. The van der Waals surface area contributed by atoms with Crippen LogP contribution in [0.2, 0.25) is 0 Å². The Bertz CT molecular complexity index is 587. The Morgan fingerprint density at radius 2 is 1.95 bits per heavy atom. The molecule has 1 saturated heterocycles. The average Bonchev–Trinajstić information content (AvgIpc) is 2.92. The van der Waals surface area contributed by atoms with Crippen molar-refractivity contribution in [2.45, 2.75) is 13.3 Å². The second kappa shape index (κ2) is 5.54. The summed E-state index contributed by atoms with van der Waals surface area (Å²) in [6.45, 7) is 6.13. The van der Waals surface area contributed by atoms with Crippen molar-refractivity contribution in [1.82, 2.24) is 15.1 Å². The summed E-state index contributed by atoms with van der Waals surface area (Å²) in [5, 5.41) is 17.9. The lowest BCUT2D eigenvalue weighted by atomic mass is 10.2. The summed E-state index contributed by atoms with van der Waals surface area (Å²) in [6.07, 6.45) is 2.80. The van der Waals surface area contributed by atoms with Gasteiger partial charge in [0.2, 0.25) is 0 Å². The van der Waals surface area contributed by atoms with Crippen molar-refractivity contribution in [2.24, 2.45) is 0 Å². The predicted octanol–water partition coefficient (Wildman–Crippen LogP) is 1.55. The first-order valence-corrected chi connectivity index (χ1v) is 7.12. The Hall–Kier alpha value is -2.01. The first-order valence-electron chi connectivity index (χ1n) is 7.12. The summed E-state index contributed by atoms with van der Waals surface area (Å²) in [5.41, 5.74) is 3.07. The lowest BCUT2D eigenvalue weighted by Gasteiger charge is -2.29. The third-order valence-electron chi connectivity index (χ3n) is 3.75. The van der Waals surface area contributed by atoms with E-state index in [0.717, 1.165) is 44.0 Å². The highest BCUT2D eigenvalue weighted by Gasteiger charge is 2.19. The lowest BCUT2D eigenvalue weighted by molar-refractivity contribution is 0.469. The van der Waals surface area contributed by atoms with Gasteiger partial charge in [-0.25, -0.2) is 4.68 Å². The number of para-hydroxylation sites is 2. The van der Waals surface area contributed by atoms with Crippen LogP contribution in [0.25, 0.3) is 5.69 Å². The molecule has 0 atom stereocenters. The van der Waals surface area contributed by atoms with Crippen LogP contribution in [0.15, 0.2) is 30.5 Å². The van der Waals surface area contributed by atoms with Crippen molar-refractivity contribution in [1.29, 1.82) is 0 Å². The van der Waals surface area contributed by atoms with Gasteiger partial charge in [-0.3, -0.25) is 0 Å². The number of phenols is 1. The molecule has 0 aliphatic carbocycles. The van der Waals surface area contributed by atoms with Gasteiger partial charge in [0.25, 0.3) is 0 Å². The highest BCUT2D eigenvalue weighted by atomic mass is 16.3. The number of piperazine rings is 1. The van der Waals surface area contributed by atoms with Gasteiger partial charge in [-0.1, -0.05) is 19.1 Å². The molecule has 2 N–H and O–H groups in total. The number of hydrogen-bond acceptors (Lipinski definition) is 4.